The van der Waals surface area contributed by atoms with Crippen LogP contribution in [0, 0.1) is 0 Å². The smallest absolute Gasteiger partial charge is 0.261 e. The molecule has 0 bridgehead atoms. The molecular formula is C20H22N4O2S. The highest BCUT2D eigenvalue weighted by Gasteiger charge is 2.20. The van der Waals surface area contributed by atoms with Crippen molar-refractivity contribution >= 4 is 34.2 Å². The number of likely N-dealkylation sites (tertiary alicyclic amines) is 1. The van der Waals surface area contributed by atoms with Crippen LogP contribution in [0.25, 0.3) is 11.0 Å². The third kappa shape index (κ3) is 3.88. The summed E-state index contributed by atoms with van der Waals surface area (Å²) >= 11 is 1.40. The first-order valence-corrected chi connectivity index (χ1v) is 10.1. The minimum atomic E-state index is -0.119. The molecule has 3 heterocycles. The fraction of sp³-hybridized carbons (Fsp3) is 0.350. The molecule has 2 aromatic heterocycles. The molecule has 3 aromatic rings. The van der Waals surface area contributed by atoms with Gasteiger partial charge in [0.15, 0.2) is 0 Å². The molecule has 0 atom stereocenters. The fourth-order valence-electron chi connectivity index (χ4n) is 3.47. The normalized spacial score (nSPS) is 14.4. The molecule has 0 unspecified atom stereocenters. The van der Waals surface area contributed by atoms with Gasteiger partial charge >= 0.3 is 0 Å². The molecule has 0 radical (unpaired) electrons. The lowest BCUT2D eigenvalue weighted by molar-refractivity contribution is -0.132. The fourth-order valence-corrected chi connectivity index (χ4v) is 4.11. The Kier molecular flexibility index (Phi) is 5.20. The van der Waals surface area contributed by atoms with Crippen molar-refractivity contribution in [3.8, 4) is 0 Å². The number of fused-ring (bicyclic) bond motifs is 1. The minimum Gasteiger partial charge on any atom is -0.344 e. The molecule has 27 heavy (non-hydrogen) atoms. The van der Waals surface area contributed by atoms with Gasteiger partial charge in [-0.3, -0.25) is 9.59 Å². The number of para-hydroxylation sites is 2. The standard InChI is InChI=1S/C20H22N4O2S/c25-19(23-10-4-1-5-11-23)14-24-16-8-3-2-7-15(16)22-18(24)13-21-20(26)17-9-6-12-27-17/h2-3,6-9,12H,1,4-5,10-11,13-14H2,(H,21,26). The quantitative estimate of drug-likeness (QED) is 0.738. The van der Waals surface area contributed by atoms with E-state index in [9.17, 15) is 9.59 Å². The number of amides is 2. The van der Waals surface area contributed by atoms with Gasteiger partial charge in [0.05, 0.1) is 22.5 Å². The zero-order valence-electron chi connectivity index (χ0n) is 15.1. The Morgan fingerprint density at radius 1 is 1.07 bits per heavy atom. The van der Waals surface area contributed by atoms with Crippen LogP contribution in [-0.2, 0) is 17.9 Å². The number of rotatable bonds is 5. The van der Waals surface area contributed by atoms with E-state index < -0.39 is 0 Å². The number of carbonyl (C=O) groups excluding carboxylic acids is 2. The van der Waals surface area contributed by atoms with Crippen LogP contribution in [0.3, 0.4) is 0 Å². The summed E-state index contributed by atoms with van der Waals surface area (Å²) in [5.41, 5.74) is 1.76. The first-order chi connectivity index (χ1) is 13.2. The second-order valence-electron chi connectivity index (χ2n) is 6.70. The predicted molar refractivity (Wildman–Crippen MR) is 106 cm³/mol. The summed E-state index contributed by atoms with van der Waals surface area (Å²) in [5, 5.41) is 4.80. The number of aromatic nitrogens is 2. The van der Waals surface area contributed by atoms with Crippen molar-refractivity contribution < 1.29 is 9.59 Å². The van der Waals surface area contributed by atoms with Crippen LogP contribution >= 0.6 is 11.3 Å². The van der Waals surface area contributed by atoms with Gasteiger partial charge in [0.25, 0.3) is 5.91 Å². The summed E-state index contributed by atoms with van der Waals surface area (Å²) < 4.78 is 1.93. The van der Waals surface area contributed by atoms with E-state index in [4.69, 9.17) is 0 Å². The van der Waals surface area contributed by atoms with Crippen LogP contribution in [-0.4, -0.2) is 39.4 Å². The van der Waals surface area contributed by atoms with Gasteiger partial charge in [-0.15, -0.1) is 11.3 Å². The SMILES string of the molecule is O=C(NCc1nc2ccccc2n1CC(=O)N1CCCCC1)c1cccs1. The molecule has 1 aromatic carbocycles. The van der Waals surface area contributed by atoms with Crippen LogP contribution in [0.15, 0.2) is 41.8 Å². The lowest BCUT2D eigenvalue weighted by Gasteiger charge is -2.27. The molecule has 140 valence electrons. The number of nitrogens with one attached hydrogen (secondary N) is 1. The Labute approximate surface area is 161 Å². The lowest BCUT2D eigenvalue weighted by atomic mass is 10.1. The molecule has 1 fully saturated rings. The van der Waals surface area contributed by atoms with Crippen molar-refractivity contribution in [2.45, 2.75) is 32.4 Å². The second-order valence-corrected chi connectivity index (χ2v) is 7.65. The number of benzene rings is 1. The van der Waals surface area contributed by atoms with Crippen molar-refractivity contribution in [1.82, 2.24) is 19.8 Å². The average Bonchev–Trinajstić information content (AvgIpc) is 3.36. The van der Waals surface area contributed by atoms with E-state index in [1.807, 2.05) is 45.2 Å². The van der Waals surface area contributed by atoms with Crippen molar-refractivity contribution in [2.75, 3.05) is 13.1 Å². The summed E-state index contributed by atoms with van der Waals surface area (Å²) in [4.78, 5) is 32.3. The minimum absolute atomic E-state index is 0.115. The van der Waals surface area contributed by atoms with Crippen LogP contribution in [0.4, 0.5) is 0 Å². The van der Waals surface area contributed by atoms with Crippen LogP contribution < -0.4 is 5.32 Å². The summed E-state index contributed by atoms with van der Waals surface area (Å²) in [7, 11) is 0. The number of thiophene rings is 1. The number of nitrogens with zero attached hydrogens (tertiary/aromatic N) is 3. The molecule has 1 N–H and O–H groups in total. The molecule has 4 rings (SSSR count). The predicted octanol–water partition coefficient (Wildman–Crippen LogP) is 3.04. The molecule has 7 heteroatoms. The summed E-state index contributed by atoms with van der Waals surface area (Å²) in [5.74, 6) is 0.695. The van der Waals surface area contributed by atoms with E-state index in [0.29, 0.717) is 17.2 Å². The Balaban J connectivity index is 1.55. The topological polar surface area (TPSA) is 67.2 Å². The van der Waals surface area contributed by atoms with E-state index in [2.05, 4.69) is 10.3 Å². The van der Waals surface area contributed by atoms with Gasteiger partial charge in [-0.2, -0.15) is 0 Å². The Morgan fingerprint density at radius 3 is 2.67 bits per heavy atom. The summed E-state index contributed by atoms with van der Waals surface area (Å²) in [6, 6.07) is 11.4. The number of hydrogen-bond donors (Lipinski definition) is 1. The molecule has 1 aliphatic heterocycles. The Morgan fingerprint density at radius 2 is 1.89 bits per heavy atom. The molecule has 0 spiro atoms. The van der Waals surface area contributed by atoms with Gasteiger partial charge in [0.2, 0.25) is 5.91 Å². The van der Waals surface area contributed by atoms with Gasteiger partial charge < -0.3 is 14.8 Å². The molecule has 0 saturated carbocycles. The highest BCUT2D eigenvalue weighted by Crippen LogP contribution is 2.18. The van der Waals surface area contributed by atoms with E-state index in [1.54, 1.807) is 6.07 Å². The molecular weight excluding hydrogens is 360 g/mol. The van der Waals surface area contributed by atoms with Crippen molar-refractivity contribution in [3.05, 3.63) is 52.5 Å². The monoisotopic (exact) mass is 382 g/mol. The molecule has 0 aliphatic carbocycles. The van der Waals surface area contributed by atoms with Gasteiger partial charge in [-0.1, -0.05) is 18.2 Å². The number of hydrogen-bond acceptors (Lipinski definition) is 4. The van der Waals surface area contributed by atoms with Gasteiger partial charge in [0.1, 0.15) is 12.4 Å². The van der Waals surface area contributed by atoms with Crippen molar-refractivity contribution in [2.24, 2.45) is 0 Å². The maximum Gasteiger partial charge on any atom is 0.261 e. The first kappa shape index (κ1) is 17.7. The van der Waals surface area contributed by atoms with Crippen LogP contribution in [0.5, 0.6) is 0 Å². The van der Waals surface area contributed by atoms with Crippen molar-refractivity contribution in [1.29, 1.82) is 0 Å². The highest BCUT2D eigenvalue weighted by atomic mass is 32.1. The Bertz CT molecular complexity index is 942. The summed E-state index contributed by atoms with van der Waals surface area (Å²) in [6.45, 7) is 2.20. The Hall–Kier alpha value is -2.67. The van der Waals surface area contributed by atoms with Crippen LogP contribution in [0.1, 0.15) is 34.8 Å². The molecule has 6 nitrogen and oxygen atoms in total. The van der Waals surface area contributed by atoms with Crippen molar-refractivity contribution in [3.63, 3.8) is 0 Å². The first-order valence-electron chi connectivity index (χ1n) is 9.26. The molecule has 1 aliphatic rings. The zero-order valence-corrected chi connectivity index (χ0v) is 15.9. The zero-order chi connectivity index (χ0) is 18.6. The lowest BCUT2D eigenvalue weighted by Crippen LogP contribution is -2.38. The number of imidazole rings is 1. The van der Waals surface area contributed by atoms with Gasteiger partial charge in [0, 0.05) is 13.1 Å². The maximum absolute atomic E-state index is 12.8. The van der Waals surface area contributed by atoms with E-state index >= 15 is 0 Å². The molecule has 2 amide bonds. The van der Waals surface area contributed by atoms with Gasteiger partial charge in [-0.25, -0.2) is 4.98 Å². The third-order valence-electron chi connectivity index (χ3n) is 4.89. The van der Waals surface area contributed by atoms with Gasteiger partial charge in [-0.05, 0) is 42.8 Å². The summed E-state index contributed by atoms with van der Waals surface area (Å²) in [6.07, 6.45) is 3.33. The third-order valence-corrected chi connectivity index (χ3v) is 5.76. The van der Waals surface area contributed by atoms with E-state index in [0.717, 1.165) is 37.0 Å². The average molecular weight is 382 g/mol. The molecule has 1 saturated heterocycles. The van der Waals surface area contributed by atoms with E-state index in [1.165, 1.54) is 17.8 Å². The second kappa shape index (κ2) is 7.92. The largest absolute Gasteiger partial charge is 0.344 e. The van der Waals surface area contributed by atoms with E-state index in [-0.39, 0.29) is 18.4 Å². The maximum atomic E-state index is 12.8. The highest BCUT2D eigenvalue weighted by molar-refractivity contribution is 7.12. The van der Waals surface area contributed by atoms with Crippen LogP contribution in [0.2, 0.25) is 0 Å². The number of piperidine rings is 1. The number of carbonyl (C=O) groups is 2.